The highest BCUT2D eigenvalue weighted by molar-refractivity contribution is 5.76. The van der Waals surface area contributed by atoms with Crippen LogP contribution in [-0.2, 0) is 11.2 Å². The maximum Gasteiger partial charge on any atom is 0.222 e. The van der Waals surface area contributed by atoms with Crippen molar-refractivity contribution in [2.45, 2.75) is 31.8 Å². The van der Waals surface area contributed by atoms with Crippen LogP contribution >= 0.6 is 0 Å². The molecule has 0 spiro atoms. The minimum absolute atomic E-state index is 0.0888. The van der Waals surface area contributed by atoms with Gasteiger partial charge in [-0.3, -0.25) is 4.79 Å². The summed E-state index contributed by atoms with van der Waals surface area (Å²) in [6.07, 6.45) is 1.95. The molecule has 110 valence electrons. The van der Waals surface area contributed by atoms with Crippen LogP contribution in [0.25, 0.3) is 0 Å². The van der Waals surface area contributed by atoms with Crippen molar-refractivity contribution in [1.82, 2.24) is 10.2 Å². The predicted molar refractivity (Wildman–Crippen MR) is 79.6 cm³/mol. The second kappa shape index (κ2) is 6.37. The average molecular weight is 276 g/mol. The normalized spacial score (nSPS) is 21.9. The van der Waals surface area contributed by atoms with Gasteiger partial charge in [-0.25, -0.2) is 0 Å². The van der Waals surface area contributed by atoms with E-state index in [9.17, 15) is 9.90 Å². The highest BCUT2D eigenvalue weighted by Crippen LogP contribution is 2.16. The number of carbonyl (C=O) groups is 1. The highest BCUT2D eigenvalue weighted by atomic mass is 16.3. The molecule has 2 rings (SSSR count). The molecule has 1 heterocycles. The van der Waals surface area contributed by atoms with Crippen LogP contribution in [-0.4, -0.2) is 48.2 Å². The van der Waals surface area contributed by atoms with Gasteiger partial charge in [-0.1, -0.05) is 29.8 Å². The first kappa shape index (κ1) is 15.0. The number of likely N-dealkylation sites (N-methyl/N-ethyl adjacent to an activating group) is 1. The van der Waals surface area contributed by atoms with Crippen molar-refractivity contribution in [2.24, 2.45) is 0 Å². The zero-order valence-corrected chi connectivity index (χ0v) is 12.4. The lowest BCUT2D eigenvalue weighted by Gasteiger charge is -2.28. The third kappa shape index (κ3) is 4.05. The number of aryl methyl sites for hydroxylation is 2. The molecule has 1 unspecified atom stereocenters. The molecule has 0 aliphatic carbocycles. The Kier molecular flexibility index (Phi) is 4.78. The maximum absolute atomic E-state index is 12.1. The van der Waals surface area contributed by atoms with Gasteiger partial charge >= 0.3 is 0 Å². The Morgan fingerprint density at radius 1 is 1.40 bits per heavy atom. The molecule has 0 aromatic heterocycles. The lowest BCUT2D eigenvalue weighted by Crippen LogP contribution is -2.45. The summed E-state index contributed by atoms with van der Waals surface area (Å²) >= 11 is 0. The molecule has 1 aromatic carbocycles. The molecule has 1 aromatic rings. The van der Waals surface area contributed by atoms with Crippen LogP contribution < -0.4 is 5.32 Å². The Balaban J connectivity index is 1.80. The molecular weight excluding hydrogens is 252 g/mol. The Bertz CT molecular complexity index is 450. The van der Waals surface area contributed by atoms with Crippen molar-refractivity contribution in [1.29, 1.82) is 0 Å². The molecule has 1 aliphatic rings. The average Bonchev–Trinajstić information content (AvgIpc) is 2.84. The Morgan fingerprint density at radius 3 is 2.70 bits per heavy atom. The predicted octanol–water partition coefficient (Wildman–Crippen LogP) is 1.11. The van der Waals surface area contributed by atoms with Crippen LogP contribution in [0.2, 0.25) is 0 Å². The number of carbonyl (C=O) groups excluding carboxylic acids is 1. The van der Waals surface area contributed by atoms with Gasteiger partial charge in [-0.05, 0) is 31.9 Å². The van der Waals surface area contributed by atoms with E-state index in [1.165, 1.54) is 11.1 Å². The maximum atomic E-state index is 12.1. The van der Waals surface area contributed by atoms with Crippen LogP contribution in [0.5, 0.6) is 0 Å². The number of aliphatic hydroxyl groups is 1. The lowest BCUT2D eigenvalue weighted by atomic mass is 10.0. The molecule has 20 heavy (non-hydrogen) atoms. The smallest absolute Gasteiger partial charge is 0.222 e. The fourth-order valence-electron chi connectivity index (χ4n) is 2.59. The molecule has 1 amide bonds. The van der Waals surface area contributed by atoms with E-state index in [0.717, 1.165) is 13.0 Å². The summed E-state index contributed by atoms with van der Waals surface area (Å²) in [6.45, 7) is 3.86. The summed E-state index contributed by atoms with van der Waals surface area (Å²) in [5.74, 6) is 0.0888. The SMILES string of the molecule is Cc1ccc(CCC(=O)N(C)CC2(O)CCNC2)cc1. The minimum atomic E-state index is -0.756. The third-order valence-corrected chi connectivity index (χ3v) is 3.93. The van der Waals surface area contributed by atoms with Crippen LogP contribution in [0, 0.1) is 6.92 Å². The molecule has 0 saturated carbocycles. The monoisotopic (exact) mass is 276 g/mol. The van der Waals surface area contributed by atoms with Gasteiger partial charge in [-0.15, -0.1) is 0 Å². The van der Waals surface area contributed by atoms with Crippen molar-refractivity contribution in [3.05, 3.63) is 35.4 Å². The molecular formula is C16H24N2O2. The van der Waals surface area contributed by atoms with Gasteiger partial charge in [0.1, 0.15) is 0 Å². The van der Waals surface area contributed by atoms with Crippen molar-refractivity contribution in [3.63, 3.8) is 0 Å². The van der Waals surface area contributed by atoms with E-state index in [4.69, 9.17) is 0 Å². The second-order valence-corrected chi connectivity index (χ2v) is 5.89. The van der Waals surface area contributed by atoms with E-state index in [-0.39, 0.29) is 5.91 Å². The standard InChI is InChI=1S/C16H24N2O2/c1-13-3-5-14(6-4-13)7-8-15(19)18(2)12-16(20)9-10-17-11-16/h3-6,17,20H,7-12H2,1-2H3. The van der Waals surface area contributed by atoms with E-state index in [0.29, 0.717) is 25.9 Å². The minimum Gasteiger partial charge on any atom is -0.387 e. The first-order valence-electron chi connectivity index (χ1n) is 7.21. The number of benzene rings is 1. The number of rotatable bonds is 5. The first-order valence-corrected chi connectivity index (χ1v) is 7.21. The molecule has 0 bridgehead atoms. The summed E-state index contributed by atoms with van der Waals surface area (Å²) in [5, 5.41) is 13.4. The quantitative estimate of drug-likeness (QED) is 0.847. The second-order valence-electron chi connectivity index (χ2n) is 5.89. The largest absolute Gasteiger partial charge is 0.387 e. The van der Waals surface area contributed by atoms with E-state index in [2.05, 4.69) is 36.5 Å². The first-order chi connectivity index (χ1) is 9.48. The Hall–Kier alpha value is -1.39. The van der Waals surface area contributed by atoms with Crippen molar-refractivity contribution in [3.8, 4) is 0 Å². The summed E-state index contributed by atoms with van der Waals surface area (Å²) in [4.78, 5) is 13.8. The Labute approximate surface area is 120 Å². The topological polar surface area (TPSA) is 52.6 Å². The summed E-state index contributed by atoms with van der Waals surface area (Å²) in [6, 6.07) is 8.26. The molecule has 1 aliphatic heterocycles. The zero-order valence-electron chi connectivity index (χ0n) is 12.4. The number of hydrogen-bond donors (Lipinski definition) is 2. The molecule has 0 radical (unpaired) electrons. The molecule has 4 heteroatoms. The van der Waals surface area contributed by atoms with Gasteiger partial charge in [0.25, 0.3) is 0 Å². The fourth-order valence-corrected chi connectivity index (χ4v) is 2.59. The molecule has 2 N–H and O–H groups in total. The third-order valence-electron chi connectivity index (χ3n) is 3.93. The number of hydrogen-bond acceptors (Lipinski definition) is 3. The van der Waals surface area contributed by atoms with Crippen molar-refractivity contribution in [2.75, 3.05) is 26.7 Å². The Morgan fingerprint density at radius 2 is 2.10 bits per heavy atom. The molecule has 1 saturated heterocycles. The number of amides is 1. The number of nitrogens with one attached hydrogen (secondary N) is 1. The van der Waals surface area contributed by atoms with Crippen LogP contribution in [0.4, 0.5) is 0 Å². The number of β-amino-alcohol motifs (C(OH)–C–C–N with tert-alkyl or cyclic N) is 1. The van der Waals surface area contributed by atoms with Crippen LogP contribution in [0.15, 0.2) is 24.3 Å². The van der Waals surface area contributed by atoms with Gasteiger partial charge in [0.15, 0.2) is 0 Å². The van der Waals surface area contributed by atoms with E-state index >= 15 is 0 Å². The van der Waals surface area contributed by atoms with Gasteiger partial charge < -0.3 is 15.3 Å². The van der Waals surface area contributed by atoms with Crippen molar-refractivity contribution >= 4 is 5.91 Å². The molecule has 1 atom stereocenters. The lowest BCUT2D eigenvalue weighted by molar-refractivity contribution is -0.132. The zero-order chi connectivity index (χ0) is 14.6. The van der Waals surface area contributed by atoms with Crippen molar-refractivity contribution < 1.29 is 9.90 Å². The summed E-state index contributed by atoms with van der Waals surface area (Å²) in [5.41, 5.74) is 1.65. The summed E-state index contributed by atoms with van der Waals surface area (Å²) < 4.78 is 0. The molecule has 1 fully saturated rings. The van der Waals surface area contributed by atoms with Gasteiger partial charge in [0.05, 0.1) is 12.1 Å². The summed E-state index contributed by atoms with van der Waals surface area (Å²) in [7, 11) is 1.77. The molecule has 4 nitrogen and oxygen atoms in total. The highest BCUT2D eigenvalue weighted by Gasteiger charge is 2.33. The van der Waals surface area contributed by atoms with E-state index in [1.807, 2.05) is 0 Å². The van der Waals surface area contributed by atoms with Gasteiger partial charge in [0.2, 0.25) is 5.91 Å². The fraction of sp³-hybridized carbons (Fsp3) is 0.562. The van der Waals surface area contributed by atoms with Gasteiger partial charge in [0, 0.05) is 20.0 Å². The van der Waals surface area contributed by atoms with Crippen LogP contribution in [0.1, 0.15) is 24.0 Å². The number of nitrogens with zero attached hydrogens (tertiary/aromatic N) is 1. The van der Waals surface area contributed by atoms with E-state index in [1.54, 1.807) is 11.9 Å². The van der Waals surface area contributed by atoms with Gasteiger partial charge in [-0.2, -0.15) is 0 Å². The van der Waals surface area contributed by atoms with E-state index < -0.39 is 5.60 Å². The van der Waals surface area contributed by atoms with Crippen LogP contribution in [0.3, 0.4) is 0 Å².